The van der Waals surface area contributed by atoms with Crippen LogP contribution in [-0.4, -0.2) is 25.8 Å². The van der Waals surface area contributed by atoms with Crippen molar-refractivity contribution in [1.29, 1.82) is 0 Å². The van der Waals surface area contributed by atoms with Gasteiger partial charge in [-0.25, -0.2) is 0 Å². The molecular weight excluding hydrogens is 350 g/mol. The number of para-hydroxylation sites is 1. The molecule has 2 aromatic heterocycles. The Balaban J connectivity index is 1.40. The molecule has 8 heteroatoms. The van der Waals surface area contributed by atoms with E-state index >= 15 is 0 Å². The van der Waals surface area contributed by atoms with Gasteiger partial charge in [-0.05, 0) is 48.2 Å². The molecule has 0 unspecified atom stereocenters. The molecule has 2 heterocycles. The Morgan fingerprint density at radius 1 is 1.19 bits per heavy atom. The van der Waals surface area contributed by atoms with Crippen LogP contribution in [0.5, 0.6) is 0 Å². The minimum absolute atomic E-state index is 0.141. The van der Waals surface area contributed by atoms with Crippen molar-refractivity contribution in [3.63, 3.8) is 0 Å². The number of hydrogen-bond donors (Lipinski definition) is 1. The summed E-state index contributed by atoms with van der Waals surface area (Å²) < 4.78 is 7.08. The molecule has 0 aliphatic rings. The molecule has 0 aliphatic heterocycles. The Morgan fingerprint density at radius 2 is 2.00 bits per heavy atom. The van der Waals surface area contributed by atoms with Gasteiger partial charge in [0.05, 0.1) is 6.42 Å². The molecule has 0 fully saturated rings. The van der Waals surface area contributed by atoms with Crippen LogP contribution < -0.4 is 5.32 Å². The molecule has 0 spiro atoms. The summed E-state index contributed by atoms with van der Waals surface area (Å²) in [7, 11) is 1.89. The summed E-state index contributed by atoms with van der Waals surface area (Å²) >= 11 is 1.51. The number of anilines is 1. The van der Waals surface area contributed by atoms with E-state index in [2.05, 4.69) is 20.7 Å². The second-order valence-corrected chi connectivity index (χ2v) is 6.74. The Labute approximate surface area is 153 Å². The van der Waals surface area contributed by atoms with Crippen molar-refractivity contribution < 1.29 is 9.32 Å². The number of nitrogens with zero attached hydrogens (tertiary/aromatic N) is 4. The van der Waals surface area contributed by atoms with Gasteiger partial charge in [0, 0.05) is 23.0 Å². The quantitative estimate of drug-likeness (QED) is 0.584. The molecule has 1 N–H and O–H groups in total. The van der Waals surface area contributed by atoms with Crippen molar-refractivity contribution in [1.82, 2.24) is 19.9 Å². The molecule has 0 radical (unpaired) electrons. The Bertz CT molecular complexity index is 1050. The average molecular weight is 365 g/mol. The lowest BCUT2D eigenvalue weighted by Gasteiger charge is -2.05. The molecule has 0 bridgehead atoms. The van der Waals surface area contributed by atoms with Crippen molar-refractivity contribution in [2.75, 3.05) is 5.32 Å². The highest BCUT2D eigenvalue weighted by Gasteiger charge is 2.12. The number of carbonyl (C=O) groups is 1. The third kappa shape index (κ3) is 3.45. The lowest BCUT2D eigenvalue weighted by atomic mass is 10.1. The van der Waals surface area contributed by atoms with E-state index in [1.165, 1.54) is 11.8 Å². The van der Waals surface area contributed by atoms with Gasteiger partial charge >= 0.3 is 0 Å². The number of hydrogen-bond acceptors (Lipinski definition) is 6. The third-order valence-electron chi connectivity index (χ3n) is 3.80. The highest BCUT2D eigenvalue weighted by Crippen LogP contribution is 2.26. The molecule has 0 saturated carbocycles. The van der Waals surface area contributed by atoms with E-state index in [9.17, 15) is 4.79 Å². The van der Waals surface area contributed by atoms with Crippen LogP contribution in [0.25, 0.3) is 11.0 Å². The van der Waals surface area contributed by atoms with Crippen molar-refractivity contribution in [3.8, 4) is 0 Å². The first-order chi connectivity index (χ1) is 12.7. The minimum atomic E-state index is -0.141. The van der Waals surface area contributed by atoms with Gasteiger partial charge in [0.2, 0.25) is 5.91 Å². The first kappa shape index (κ1) is 16.3. The summed E-state index contributed by atoms with van der Waals surface area (Å²) in [4.78, 5) is 13.3. The summed E-state index contributed by atoms with van der Waals surface area (Å²) in [6, 6.07) is 15.1. The van der Waals surface area contributed by atoms with Gasteiger partial charge in [-0.2, -0.15) is 0 Å². The number of amides is 1. The number of aryl methyl sites for hydroxylation is 1. The molecule has 2 aromatic carbocycles. The van der Waals surface area contributed by atoms with E-state index in [-0.39, 0.29) is 12.3 Å². The molecule has 0 aliphatic carbocycles. The van der Waals surface area contributed by atoms with Crippen LogP contribution in [0.3, 0.4) is 0 Å². The number of nitrogens with one attached hydrogen (secondary N) is 1. The van der Waals surface area contributed by atoms with Crippen LogP contribution in [0.15, 0.2) is 69.4 Å². The molecule has 0 atom stereocenters. The van der Waals surface area contributed by atoms with E-state index in [0.29, 0.717) is 11.3 Å². The summed E-state index contributed by atoms with van der Waals surface area (Å²) in [5.74, 6) is -0.141. The van der Waals surface area contributed by atoms with Gasteiger partial charge in [0.15, 0.2) is 10.7 Å². The second kappa shape index (κ2) is 7.01. The van der Waals surface area contributed by atoms with Crippen molar-refractivity contribution in [3.05, 3.63) is 60.6 Å². The maximum absolute atomic E-state index is 12.3. The molecule has 1 amide bonds. The van der Waals surface area contributed by atoms with Gasteiger partial charge < -0.3 is 14.4 Å². The summed E-state index contributed by atoms with van der Waals surface area (Å²) in [6.07, 6.45) is 1.82. The number of carbonyl (C=O) groups excluding carboxylic acids is 1. The van der Waals surface area contributed by atoms with Crippen molar-refractivity contribution in [2.24, 2.45) is 7.05 Å². The predicted octanol–water partition coefficient (Wildman–Crippen LogP) is 3.29. The van der Waals surface area contributed by atoms with E-state index in [1.807, 2.05) is 60.1 Å². The predicted molar refractivity (Wildman–Crippen MR) is 97.9 cm³/mol. The third-order valence-corrected chi connectivity index (χ3v) is 4.86. The van der Waals surface area contributed by atoms with E-state index < -0.39 is 0 Å². The van der Waals surface area contributed by atoms with Crippen LogP contribution in [0.2, 0.25) is 0 Å². The number of benzene rings is 2. The van der Waals surface area contributed by atoms with Crippen LogP contribution in [0.1, 0.15) is 5.69 Å². The molecule has 0 saturated heterocycles. The van der Waals surface area contributed by atoms with E-state index in [4.69, 9.17) is 4.52 Å². The first-order valence-electron chi connectivity index (χ1n) is 7.94. The van der Waals surface area contributed by atoms with Gasteiger partial charge in [-0.1, -0.05) is 17.3 Å². The Morgan fingerprint density at radius 3 is 2.77 bits per heavy atom. The maximum Gasteiger partial charge on any atom is 0.230 e. The van der Waals surface area contributed by atoms with Crippen LogP contribution in [0, 0.1) is 0 Å². The molecule has 4 rings (SSSR count). The molecule has 7 nitrogen and oxygen atoms in total. The number of aromatic nitrogens is 4. The highest BCUT2D eigenvalue weighted by molar-refractivity contribution is 7.99. The minimum Gasteiger partial charge on any atom is -0.356 e. The molecule has 130 valence electrons. The van der Waals surface area contributed by atoms with Crippen molar-refractivity contribution in [2.45, 2.75) is 16.5 Å². The fraction of sp³-hybridized carbons (Fsp3) is 0.111. The molecule has 26 heavy (non-hydrogen) atoms. The van der Waals surface area contributed by atoms with Gasteiger partial charge in [-0.3, -0.25) is 4.79 Å². The van der Waals surface area contributed by atoms with Crippen LogP contribution in [0.4, 0.5) is 5.69 Å². The van der Waals surface area contributed by atoms with Gasteiger partial charge in [0.1, 0.15) is 12.0 Å². The average Bonchev–Trinajstić information content (AvgIpc) is 3.23. The van der Waals surface area contributed by atoms with Crippen molar-refractivity contribution >= 4 is 34.3 Å². The number of fused-ring (bicyclic) bond motifs is 1. The summed E-state index contributed by atoms with van der Waals surface area (Å²) in [5.41, 5.74) is 2.04. The zero-order valence-corrected chi connectivity index (χ0v) is 14.7. The highest BCUT2D eigenvalue weighted by atomic mass is 32.2. The fourth-order valence-electron chi connectivity index (χ4n) is 2.50. The fourth-order valence-corrected chi connectivity index (χ4v) is 3.26. The second-order valence-electron chi connectivity index (χ2n) is 5.70. The maximum atomic E-state index is 12.3. The normalized spacial score (nSPS) is 11.0. The van der Waals surface area contributed by atoms with E-state index in [1.54, 1.807) is 6.33 Å². The number of rotatable bonds is 5. The van der Waals surface area contributed by atoms with Gasteiger partial charge in [-0.15, -0.1) is 10.2 Å². The Kier molecular flexibility index (Phi) is 4.40. The van der Waals surface area contributed by atoms with E-state index in [0.717, 1.165) is 21.1 Å². The zero-order valence-electron chi connectivity index (χ0n) is 13.9. The topological polar surface area (TPSA) is 85.8 Å². The molecule has 4 aromatic rings. The van der Waals surface area contributed by atoms with Crippen LogP contribution in [-0.2, 0) is 18.3 Å². The SMILES string of the molecule is Cn1cnnc1Sc1ccc(NC(=O)Cc2noc3ccccc23)cc1. The smallest absolute Gasteiger partial charge is 0.230 e. The standard InChI is InChI=1S/C18H15N5O2S/c1-23-11-19-21-18(23)26-13-8-6-12(7-9-13)20-17(24)10-15-14-4-2-3-5-16(14)25-22-15/h2-9,11H,10H2,1H3,(H,20,24). The lowest BCUT2D eigenvalue weighted by Crippen LogP contribution is -2.14. The van der Waals surface area contributed by atoms with Crippen LogP contribution >= 0.6 is 11.8 Å². The zero-order chi connectivity index (χ0) is 17.9. The lowest BCUT2D eigenvalue weighted by molar-refractivity contribution is -0.115. The summed E-state index contributed by atoms with van der Waals surface area (Å²) in [5, 5.41) is 16.4. The summed E-state index contributed by atoms with van der Waals surface area (Å²) in [6.45, 7) is 0. The largest absolute Gasteiger partial charge is 0.356 e. The molecular formula is C18H15N5O2S. The van der Waals surface area contributed by atoms with Gasteiger partial charge in [0.25, 0.3) is 0 Å². The Hall–Kier alpha value is -3.13. The monoisotopic (exact) mass is 365 g/mol. The first-order valence-corrected chi connectivity index (χ1v) is 8.76.